The van der Waals surface area contributed by atoms with Gasteiger partial charge in [-0.1, -0.05) is 65.1 Å². The number of ether oxygens (including phenoxy) is 2. The second-order valence-electron chi connectivity index (χ2n) is 8.33. The van der Waals surface area contributed by atoms with Crippen LogP contribution in [0.25, 0.3) is 10.9 Å². The average molecular weight is 589 g/mol. The maximum absolute atomic E-state index is 13.3. The molecule has 0 aliphatic heterocycles. The fourth-order valence-electron chi connectivity index (χ4n) is 3.58. The van der Waals surface area contributed by atoms with Crippen LogP contribution in [0, 0.1) is 0 Å². The molecular weight excluding hydrogens is 565 g/mol. The van der Waals surface area contributed by atoms with E-state index in [0.717, 1.165) is 10.0 Å². The van der Waals surface area contributed by atoms with E-state index < -0.39 is 0 Å². The molecule has 4 aromatic rings. The molecule has 1 heterocycles. The molecule has 0 atom stereocenters. The Hall–Kier alpha value is -2.87. The van der Waals surface area contributed by atoms with Gasteiger partial charge in [0.05, 0.1) is 28.7 Å². The van der Waals surface area contributed by atoms with Crippen LogP contribution in [0.3, 0.4) is 0 Å². The van der Waals surface area contributed by atoms with Gasteiger partial charge in [-0.25, -0.2) is 4.98 Å². The Labute approximate surface area is 227 Å². The van der Waals surface area contributed by atoms with Crippen molar-refractivity contribution in [2.24, 2.45) is 5.10 Å². The van der Waals surface area contributed by atoms with Crippen LogP contribution < -0.4 is 15.0 Å². The number of rotatable bonds is 8. The van der Waals surface area contributed by atoms with Gasteiger partial charge in [0.1, 0.15) is 12.4 Å². The lowest BCUT2D eigenvalue weighted by molar-refractivity contribution is 0.269. The van der Waals surface area contributed by atoms with Crippen molar-refractivity contribution in [3.8, 4) is 11.5 Å². The molecule has 4 rings (SSSR count). The monoisotopic (exact) mass is 587 g/mol. The second-order valence-corrected chi connectivity index (χ2v) is 10.1. The number of halogens is 3. The highest BCUT2D eigenvalue weighted by Gasteiger charge is 2.15. The minimum atomic E-state index is -0.250. The van der Waals surface area contributed by atoms with Crippen LogP contribution in [-0.4, -0.2) is 22.5 Å². The van der Waals surface area contributed by atoms with E-state index in [0.29, 0.717) is 57.0 Å². The van der Waals surface area contributed by atoms with Crippen molar-refractivity contribution >= 4 is 56.2 Å². The first-order valence-corrected chi connectivity index (χ1v) is 12.9. The van der Waals surface area contributed by atoms with Crippen molar-refractivity contribution in [2.45, 2.75) is 33.3 Å². The third kappa shape index (κ3) is 5.91. The molecule has 0 fully saturated rings. The Morgan fingerprint density at radius 1 is 1.08 bits per heavy atom. The van der Waals surface area contributed by atoms with Gasteiger partial charge >= 0.3 is 0 Å². The summed E-state index contributed by atoms with van der Waals surface area (Å²) >= 11 is 16.0. The summed E-state index contributed by atoms with van der Waals surface area (Å²) in [6.45, 7) is 6.54. The van der Waals surface area contributed by atoms with Gasteiger partial charge in [-0.2, -0.15) is 9.78 Å². The maximum Gasteiger partial charge on any atom is 0.282 e. The summed E-state index contributed by atoms with van der Waals surface area (Å²) in [4.78, 5) is 17.9. The van der Waals surface area contributed by atoms with Crippen LogP contribution in [0.15, 0.2) is 69.0 Å². The minimum Gasteiger partial charge on any atom is -0.490 e. The molecule has 0 aliphatic carbocycles. The zero-order valence-electron chi connectivity index (χ0n) is 20.0. The second kappa shape index (κ2) is 11.5. The summed E-state index contributed by atoms with van der Waals surface area (Å²) in [5, 5.41) is 5.99. The fourth-order valence-corrected chi connectivity index (χ4v) is 4.34. The van der Waals surface area contributed by atoms with Crippen LogP contribution in [0.1, 0.15) is 43.6 Å². The number of hydrogen-bond donors (Lipinski definition) is 0. The molecule has 9 heteroatoms. The molecule has 0 spiro atoms. The molecule has 0 unspecified atom stereocenters. The summed E-state index contributed by atoms with van der Waals surface area (Å²) in [6, 6.07) is 16.3. The minimum absolute atomic E-state index is 0.0193. The highest BCUT2D eigenvalue weighted by atomic mass is 79.9. The van der Waals surface area contributed by atoms with Crippen molar-refractivity contribution in [3.05, 3.63) is 96.4 Å². The van der Waals surface area contributed by atoms with Gasteiger partial charge in [-0.15, -0.1) is 0 Å². The lowest BCUT2D eigenvalue weighted by Crippen LogP contribution is -2.23. The van der Waals surface area contributed by atoms with Crippen LogP contribution in [0.2, 0.25) is 10.0 Å². The molecule has 0 saturated heterocycles. The average Bonchev–Trinajstić information content (AvgIpc) is 2.84. The summed E-state index contributed by atoms with van der Waals surface area (Å²) in [7, 11) is 0. The zero-order chi connectivity index (χ0) is 25.8. The summed E-state index contributed by atoms with van der Waals surface area (Å²) < 4.78 is 13.9. The topological polar surface area (TPSA) is 65.7 Å². The Morgan fingerprint density at radius 2 is 1.83 bits per heavy atom. The Morgan fingerprint density at radius 3 is 2.53 bits per heavy atom. The summed E-state index contributed by atoms with van der Waals surface area (Å²) in [5.74, 6) is 1.46. The standard InChI is InChI=1S/C27H24BrCl2N3O3/c1-4-35-24-12-18(11-22(30)25(24)36-15-17-5-8-20(29)9-6-17)14-31-33-26(16(2)3)32-23-10-7-19(28)13-21(23)27(33)34/h5-14,16H,4,15H2,1-3H3. The third-order valence-corrected chi connectivity index (χ3v) is 6.33. The predicted octanol–water partition coefficient (Wildman–Crippen LogP) is 7.45. The molecule has 6 nitrogen and oxygen atoms in total. The van der Waals surface area contributed by atoms with E-state index in [4.69, 9.17) is 32.7 Å². The smallest absolute Gasteiger partial charge is 0.282 e. The normalized spacial score (nSPS) is 11.5. The first-order valence-electron chi connectivity index (χ1n) is 11.4. The van der Waals surface area contributed by atoms with Gasteiger partial charge in [-0.3, -0.25) is 4.79 Å². The van der Waals surface area contributed by atoms with Crippen LogP contribution in [-0.2, 0) is 6.61 Å². The van der Waals surface area contributed by atoms with Gasteiger partial charge in [0, 0.05) is 15.4 Å². The lowest BCUT2D eigenvalue weighted by Gasteiger charge is -2.15. The van der Waals surface area contributed by atoms with Gasteiger partial charge in [-0.05, 0) is 60.5 Å². The fraction of sp³-hybridized carbons (Fsp3) is 0.222. The largest absolute Gasteiger partial charge is 0.490 e. The highest BCUT2D eigenvalue weighted by Crippen LogP contribution is 2.37. The van der Waals surface area contributed by atoms with Crippen LogP contribution >= 0.6 is 39.1 Å². The van der Waals surface area contributed by atoms with Crippen molar-refractivity contribution in [3.63, 3.8) is 0 Å². The number of fused-ring (bicyclic) bond motifs is 1. The Bertz CT molecular complexity index is 1480. The quantitative estimate of drug-likeness (QED) is 0.200. The molecule has 0 radical (unpaired) electrons. The van der Waals surface area contributed by atoms with Crippen molar-refractivity contribution in [1.29, 1.82) is 0 Å². The molecular formula is C27H24BrCl2N3O3. The molecule has 0 aliphatic rings. The maximum atomic E-state index is 13.3. The van der Waals surface area contributed by atoms with Crippen molar-refractivity contribution < 1.29 is 9.47 Å². The van der Waals surface area contributed by atoms with Crippen LogP contribution in [0.5, 0.6) is 11.5 Å². The van der Waals surface area contributed by atoms with E-state index in [2.05, 4.69) is 26.0 Å². The van der Waals surface area contributed by atoms with E-state index in [1.807, 2.05) is 45.0 Å². The number of hydrogen-bond acceptors (Lipinski definition) is 5. The molecule has 186 valence electrons. The van der Waals surface area contributed by atoms with Crippen molar-refractivity contribution in [1.82, 2.24) is 9.66 Å². The van der Waals surface area contributed by atoms with E-state index in [1.165, 1.54) is 4.68 Å². The van der Waals surface area contributed by atoms with Crippen molar-refractivity contribution in [2.75, 3.05) is 6.61 Å². The molecule has 3 aromatic carbocycles. The molecule has 0 bridgehead atoms. The highest BCUT2D eigenvalue weighted by molar-refractivity contribution is 9.10. The summed E-state index contributed by atoms with van der Waals surface area (Å²) in [6.07, 6.45) is 1.57. The van der Waals surface area contributed by atoms with E-state index in [-0.39, 0.29) is 11.5 Å². The van der Waals surface area contributed by atoms with Crippen LogP contribution in [0.4, 0.5) is 0 Å². The Balaban J connectivity index is 1.69. The van der Waals surface area contributed by atoms with Gasteiger partial charge in [0.15, 0.2) is 11.5 Å². The SMILES string of the molecule is CCOc1cc(C=Nn2c(C(C)C)nc3ccc(Br)cc3c2=O)cc(Cl)c1OCc1ccc(Cl)cc1. The van der Waals surface area contributed by atoms with E-state index in [1.54, 1.807) is 36.5 Å². The first kappa shape index (κ1) is 26.2. The first-order chi connectivity index (χ1) is 17.3. The molecule has 0 N–H and O–H groups in total. The molecule has 0 amide bonds. The van der Waals surface area contributed by atoms with Gasteiger partial charge in [0.2, 0.25) is 0 Å². The number of nitrogens with zero attached hydrogens (tertiary/aromatic N) is 3. The molecule has 36 heavy (non-hydrogen) atoms. The van der Waals surface area contributed by atoms with E-state index >= 15 is 0 Å². The number of benzene rings is 3. The lowest BCUT2D eigenvalue weighted by atomic mass is 10.2. The van der Waals surface area contributed by atoms with E-state index in [9.17, 15) is 4.79 Å². The zero-order valence-corrected chi connectivity index (χ0v) is 23.1. The van der Waals surface area contributed by atoms with Gasteiger partial charge < -0.3 is 9.47 Å². The molecule has 1 aromatic heterocycles. The Kier molecular flexibility index (Phi) is 8.34. The summed E-state index contributed by atoms with van der Waals surface area (Å²) in [5.41, 5.74) is 1.97. The number of aromatic nitrogens is 2. The predicted molar refractivity (Wildman–Crippen MR) is 149 cm³/mol. The molecule has 0 saturated carbocycles. The third-order valence-electron chi connectivity index (χ3n) is 5.30. The van der Waals surface area contributed by atoms with Gasteiger partial charge in [0.25, 0.3) is 5.56 Å².